The van der Waals surface area contributed by atoms with Gasteiger partial charge in [-0.3, -0.25) is 0 Å². The molecule has 0 aromatic heterocycles. The van der Waals surface area contributed by atoms with E-state index in [0.29, 0.717) is 23.0 Å². The Morgan fingerprint density at radius 2 is 1.21 bits per heavy atom. The molecule has 2 aliphatic carbocycles. The third-order valence-corrected chi connectivity index (χ3v) is 7.04. The van der Waals surface area contributed by atoms with Crippen molar-refractivity contribution in [2.75, 3.05) is 11.5 Å². The summed E-state index contributed by atoms with van der Waals surface area (Å²) in [4.78, 5) is 0. The molecule has 0 atom stereocenters. The van der Waals surface area contributed by atoms with Gasteiger partial charge in [0.05, 0.1) is 0 Å². The molecule has 4 N–H and O–H groups in total. The number of rotatable bonds is 4. The molecule has 4 heteroatoms. The van der Waals surface area contributed by atoms with Crippen LogP contribution in [0, 0.1) is 11.8 Å². The highest BCUT2D eigenvalue weighted by molar-refractivity contribution is 6.11. The van der Waals surface area contributed by atoms with Crippen molar-refractivity contribution in [3.05, 3.63) is 48.0 Å². The fourth-order valence-corrected chi connectivity index (χ4v) is 5.33. The first-order valence-electron chi connectivity index (χ1n) is 11.0. The van der Waals surface area contributed by atoms with E-state index in [1.54, 1.807) is 18.2 Å². The van der Waals surface area contributed by atoms with E-state index in [2.05, 4.69) is 32.1 Å². The highest BCUT2D eigenvalue weighted by Crippen LogP contribution is 2.44. The summed E-state index contributed by atoms with van der Waals surface area (Å²) in [5.41, 5.74) is 14.4. The standard InChI is InChI=1S/C24H33BN2O/c25-20-9-5-18(6-10-20)16-1-3-17(4-2-16)19-7-11-23(12-8-19)28-24-14-21(26)13-22(27)15-24/h7-8,11-18,20H,1-6,9-10,25-27H2. The van der Waals surface area contributed by atoms with Gasteiger partial charge in [0.2, 0.25) is 0 Å². The lowest BCUT2D eigenvalue weighted by Crippen LogP contribution is -2.24. The van der Waals surface area contributed by atoms with Crippen molar-refractivity contribution >= 4 is 19.2 Å². The number of nitrogens with two attached hydrogens (primary N) is 2. The highest BCUT2D eigenvalue weighted by atomic mass is 16.5. The van der Waals surface area contributed by atoms with Gasteiger partial charge in [0.1, 0.15) is 19.3 Å². The monoisotopic (exact) mass is 376 g/mol. The molecule has 0 aliphatic heterocycles. The van der Waals surface area contributed by atoms with E-state index >= 15 is 0 Å². The lowest BCUT2D eigenvalue weighted by atomic mass is 9.65. The average Bonchev–Trinajstić information content (AvgIpc) is 2.69. The molecule has 2 aromatic carbocycles. The number of hydrogen-bond acceptors (Lipinski definition) is 3. The molecule has 0 heterocycles. The summed E-state index contributed by atoms with van der Waals surface area (Å²) >= 11 is 0. The normalized spacial score (nSPS) is 28.0. The van der Waals surface area contributed by atoms with Crippen LogP contribution in [0.2, 0.25) is 5.82 Å². The predicted molar refractivity (Wildman–Crippen MR) is 121 cm³/mol. The Hall–Kier alpha value is -2.10. The molecule has 28 heavy (non-hydrogen) atoms. The summed E-state index contributed by atoms with van der Waals surface area (Å²) in [6.45, 7) is 0. The molecule has 3 nitrogen and oxygen atoms in total. The molecule has 0 unspecified atom stereocenters. The Morgan fingerprint density at radius 3 is 1.79 bits per heavy atom. The summed E-state index contributed by atoms with van der Waals surface area (Å²) in [7, 11) is 2.42. The zero-order valence-corrected chi connectivity index (χ0v) is 17.1. The number of anilines is 2. The molecule has 4 rings (SSSR count). The molecule has 2 aromatic rings. The van der Waals surface area contributed by atoms with Gasteiger partial charge in [0.25, 0.3) is 0 Å². The fourth-order valence-electron chi connectivity index (χ4n) is 5.33. The third-order valence-electron chi connectivity index (χ3n) is 7.04. The van der Waals surface area contributed by atoms with E-state index in [4.69, 9.17) is 16.2 Å². The molecular formula is C24H33BN2O. The minimum atomic E-state index is 0.621. The quantitative estimate of drug-likeness (QED) is 0.545. The van der Waals surface area contributed by atoms with E-state index in [9.17, 15) is 0 Å². The number of ether oxygens (including phenoxy) is 1. The lowest BCUT2D eigenvalue weighted by molar-refractivity contribution is 0.186. The second-order valence-corrected chi connectivity index (χ2v) is 9.14. The van der Waals surface area contributed by atoms with Crippen molar-refractivity contribution in [1.82, 2.24) is 0 Å². The van der Waals surface area contributed by atoms with E-state index in [1.165, 1.54) is 56.9 Å². The van der Waals surface area contributed by atoms with E-state index < -0.39 is 0 Å². The Balaban J connectivity index is 1.32. The SMILES string of the molecule is BC1CCC(C2CCC(c3ccc(Oc4cc(N)cc(N)c4)cc3)CC2)CC1. The van der Waals surface area contributed by atoms with Crippen molar-refractivity contribution in [2.24, 2.45) is 11.8 Å². The van der Waals surface area contributed by atoms with E-state index in [0.717, 1.165) is 23.4 Å². The van der Waals surface area contributed by atoms with Crippen LogP contribution in [0.5, 0.6) is 11.5 Å². The zero-order chi connectivity index (χ0) is 19.5. The molecule has 2 saturated carbocycles. The van der Waals surface area contributed by atoms with Gasteiger partial charge < -0.3 is 16.2 Å². The van der Waals surface area contributed by atoms with Crippen LogP contribution >= 0.6 is 0 Å². The van der Waals surface area contributed by atoms with Crippen molar-refractivity contribution in [3.63, 3.8) is 0 Å². The Kier molecular flexibility index (Phi) is 5.84. The second-order valence-electron chi connectivity index (χ2n) is 9.14. The molecule has 2 fully saturated rings. The molecule has 2 aliphatic rings. The van der Waals surface area contributed by atoms with Gasteiger partial charge in [0, 0.05) is 23.5 Å². The topological polar surface area (TPSA) is 61.3 Å². The van der Waals surface area contributed by atoms with Gasteiger partial charge in [-0.15, -0.1) is 0 Å². The maximum Gasteiger partial charge on any atom is 0.131 e. The Bertz CT molecular complexity index is 755. The maximum atomic E-state index is 5.93. The van der Waals surface area contributed by atoms with Gasteiger partial charge in [0.15, 0.2) is 0 Å². The molecule has 0 radical (unpaired) electrons. The fraction of sp³-hybridized carbons (Fsp3) is 0.500. The number of nitrogen functional groups attached to an aromatic ring is 2. The largest absolute Gasteiger partial charge is 0.457 e. The molecule has 0 spiro atoms. The minimum absolute atomic E-state index is 0.621. The third kappa shape index (κ3) is 4.66. The predicted octanol–water partition coefficient (Wildman–Crippen LogP) is 5.53. The van der Waals surface area contributed by atoms with Crippen LogP contribution < -0.4 is 16.2 Å². The van der Waals surface area contributed by atoms with Crippen molar-refractivity contribution in [1.29, 1.82) is 0 Å². The average molecular weight is 376 g/mol. The van der Waals surface area contributed by atoms with Crippen LogP contribution in [0.1, 0.15) is 62.8 Å². The Labute approximate surface area is 170 Å². The first kappa shape index (κ1) is 19.2. The van der Waals surface area contributed by atoms with Crippen LogP contribution in [-0.4, -0.2) is 7.85 Å². The van der Waals surface area contributed by atoms with Crippen LogP contribution in [0.15, 0.2) is 42.5 Å². The molecule has 0 bridgehead atoms. The minimum Gasteiger partial charge on any atom is -0.457 e. The van der Waals surface area contributed by atoms with Crippen LogP contribution in [0.25, 0.3) is 0 Å². The summed E-state index contributed by atoms with van der Waals surface area (Å²) in [6, 6.07) is 14.0. The summed E-state index contributed by atoms with van der Waals surface area (Å²) in [6.07, 6.45) is 11.3. The van der Waals surface area contributed by atoms with Crippen LogP contribution in [-0.2, 0) is 0 Å². The van der Waals surface area contributed by atoms with Crippen molar-refractivity contribution in [2.45, 2.75) is 63.1 Å². The van der Waals surface area contributed by atoms with Gasteiger partial charge in [-0.1, -0.05) is 43.6 Å². The zero-order valence-electron chi connectivity index (χ0n) is 17.1. The van der Waals surface area contributed by atoms with E-state index in [-0.39, 0.29) is 0 Å². The highest BCUT2D eigenvalue weighted by Gasteiger charge is 2.30. The summed E-state index contributed by atoms with van der Waals surface area (Å²) in [5, 5.41) is 0. The first-order chi connectivity index (χ1) is 13.6. The second kappa shape index (κ2) is 8.51. The van der Waals surface area contributed by atoms with Gasteiger partial charge >= 0.3 is 0 Å². The maximum absolute atomic E-state index is 5.93. The van der Waals surface area contributed by atoms with E-state index in [1.807, 2.05) is 0 Å². The van der Waals surface area contributed by atoms with Gasteiger partial charge in [-0.25, -0.2) is 0 Å². The summed E-state index contributed by atoms with van der Waals surface area (Å²) in [5.74, 6) is 5.15. The molecular weight excluding hydrogens is 343 g/mol. The first-order valence-corrected chi connectivity index (χ1v) is 11.0. The molecule has 0 saturated heterocycles. The lowest BCUT2D eigenvalue weighted by Gasteiger charge is -2.37. The van der Waals surface area contributed by atoms with Crippen molar-refractivity contribution < 1.29 is 4.74 Å². The molecule has 0 amide bonds. The van der Waals surface area contributed by atoms with Crippen molar-refractivity contribution in [3.8, 4) is 11.5 Å². The van der Waals surface area contributed by atoms with Gasteiger partial charge in [-0.2, -0.15) is 0 Å². The number of hydrogen-bond donors (Lipinski definition) is 2. The number of benzene rings is 2. The van der Waals surface area contributed by atoms with Crippen LogP contribution in [0.4, 0.5) is 11.4 Å². The van der Waals surface area contributed by atoms with Gasteiger partial charge in [-0.05, 0) is 67.2 Å². The smallest absolute Gasteiger partial charge is 0.131 e. The Morgan fingerprint density at radius 1 is 0.679 bits per heavy atom. The summed E-state index contributed by atoms with van der Waals surface area (Å²) < 4.78 is 5.93. The molecule has 148 valence electrons. The van der Waals surface area contributed by atoms with Crippen LogP contribution in [0.3, 0.4) is 0 Å².